The van der Waals surface area contributed by atoms with Crippen LogP contribution in [0.2, 0.25) is 5.02 Å². The maximum atomic E-state index is 15.6. The van der Waals surface area contributed by atoms with E-state index in [0.29, 0.717) is 29.0 Å². The molecule has 10 nitrogen and oxygen atoms in total. The van der Waals surface area contributed by atoms with Crippen molar-refractivity contribution in [1.82, 2.24) is 9.80 Å². The van der Waals surface area contributed by atoms with Gasteiger partial charge in [0.15, 0.2) is 5.54 Å². The van der Waals surface area contributed by atoms with Crippen LogP contribution in [-0.2, 0) is 31.6 Å². The third kappa shape index (κ3) is 4.92. The first-order chi connectivity index (χ1) is 22.5. The Morgan fingerprint density at radius 2 is 1.57 bits per heavy atom. The van der Waals surface area contributed by atoms with E-state index >= 15 is 4.79 Å². The highest BCUT2D eigenvalue weighted by Crippen LogP contribution is 2.56. The van der Waals surface area contributed by atoms with Crippen molar-refractivity contribution >= 4 is 39.1 Å². The van der Waals surface area contributed by atoms with Gasteiger partial charge in [0.05, 0.1) is 27.0 Å². The Morgan fingerprint density at radius 3 is 2.28 bits per heavy atom. The largest absolute Gasteiger partial charge is 0.497 e. The van der Waals surface area contributed by atoms with Crippen LogP contribution in [0.15, 0.2) is 89.8 Å². The maximum Gasteiger partial charge on any atom is 0.274 e. The summed E-state index contributed by atoms with van der Waals surface area (Å²) in [5.74, 6) is -0.381. The zero-order valence-corrected chi connectivity index (χ0v) is 28.1. The van der Waals surface area contributed by atoms with E-state index in [-0.39, 0.29) is 33.8 Å². The minimum Gasteiger partial charge on any atom is -0.497 e. The van der Waals surface area contributed by atoms with Crippen LogP contribution in [0.3, 0.4) is 0 Å². The van der Waals surface area contributed by atoms with Crippen LogP contribution in [0.1, 0.15) is 28.3 Å². The number of carbonyl (C=O) groups is 2. The molecule has 12 heteroatoms. The third-order valence-electron chi connectivity index (χ3n) is 8.84. The number of carbonyl (C=O) groups excluding carboxylic acids is 2. The molecule has 0 saturated heterocycles. The smallest absolute Gasteiger partial charge is 0.274 e. The molecule has 0 spiro atoms. The molecule has 0 saturated carbocycles. The highest BCUT2D eigenvalue weighted by molar-refractivity contribution is 7.93. The van der Waals surface area contributed by atoms with Crippen LogP contribution < -0.4 is 18.5 Å². The van der Waals surface area contributed by atoms with Crippen LogP contribution in [0, 0.1) is 0 Å². The van der Waals surface area contributed by atoms with Crippen LogP contribution in [-0.4, -0.2) is 72.0 Å². The predicted octanol–water partition coefficient (Wildman–Crippen LogP) is 5.03. The van der Waals surface area contributed by atoms with E-state index in [1.54, 1.807) is 49.3 Å². The number of para-hydroxylation sites is 1. The van der Waals surface area contributed by atoms with Crippen molar-refractivity contribution in [3.8, 4) is 17.2 Å². The first-order valence-electron chi connectivity index (χ1n) is 14.8. The molecule has 47 heavy (non-hydrogen) atoms. The summed E-state index contributed by atoms with van der Waals surface area (Å²) < 4.78 is 47.0. The quantitative estimate of drug-likeness (QED) is 0.256. The number of hydrogen-bond acceptors (Lipinski definition) is 8. The van der Waals surface area contributed by atoms with Crippen molar-refractivity contribution in [2.75, 3.05) is 46.3 Å². The molecule has 244 valence electrons. The lowest BCUT2D eigenvalue weighted by atomic mass is 9.77. The number of benzene rings is 4. The Kier molecular flexibility index (Phi) is 8.41. The molecule has 4 aromatic rings. The molecule has 0 bridgehead atoms. The Hall–Kier alpha value is -4.58. The van der Waals surface area contributed by atoms with Crippen LogP contribution in [0.4, 0.5) is 5.69 Å². The fourth-order valence-corrected chi connectivity index (χ4v) is 8.52. The van der Waals surface area contributed by atoms with Crippen molar-refractivity contribution in [3.05, 3.63) is 112 Å². The summed E-state index contributed by atoms with van der Waals surface area (Å²) in [6.07, 6.45) is 0.493. The second-order valence-corrected chi connectivity index (χ2v) is 13.6. The van der Waals surface area contributed by atoms with E-state index in [1.807, 2.05) is 24.3 Å². The lowest BCUT2D eigenvalue weighted by molar-refractivity contribution is -0.141. The van der Waals surface area contributed by atoms with Gasteiger partial charge in [-0.1, -0.05) is 54.1 Å². The summed E-state index contributed by atoms with van der Waals surface area (Å²) >= 11 is 6.65. The zero-order chi connectivity index (χ0) is 33.7. The average Bonchev–Trinajstić information content (AvgIpc) is 3.34. The van der Waals surface area contributed by atoms with Crippen molar-refractivity contribution < 1.29 is 32.2 Å². The van der Waals surface area contributed by atoms with Gasteiger partial charge in [-0.15, -0.1) is 0 Å². The molecule has 0 radical (unpaired) electrons. The second-order valence-electron chi connectivity index (χ2n) is 11.4. The topological polar surface area (TPSA) is 106 Å². The summed E-state index contributed by atoms with van der Waals surface area (Å²) in [5, 5.41) is 0.282. The first kappa shape index (κ1) is 32.4. The number of rotatable bonds is 8. The molecular formula is C35H34ClN3O7S. The van der Waals surface area contributed by atoms with Crippen LogP contribution >= 0.6 is 11.6 Å². The molecule has 2 aliphatic heterocycles. The van der Waals surface area contributed by atoms with E-state index < -0.39 is 27.5 Å². The molecule has 2 aliphatic rings. The molecule has 2 atom stereocenters. The first-order valence-corrected chi connectivity index (χ1v) is 16.6. The van der Waals surface area contributed by atoms with Gasteiger partial charge in [-0.25, -0.2) is 12.7 Å². The Labute approximate surface area is 279 Å². The number of halogens is 1. The normalized spacial score (nSPS) is 19.1. The highest BCUT2D eigenvalue weighted by Gasteiger charge is 2.63. The Balaban J connectivity index is 1.71. The average molecular weight is 676 g/mol. The number of amides is 2. The number of ether oxygens (including phenoxy) is 3. The van der Waals surface area contributed by atoms with E-state index in [1.165, 1.54) is 56.6 Å². The molecule has 4 aromatic carbocycles. The van der Waals surface area contributed by atoms with Gasteiger partial charge in [0.2, 0.25) is 5.91 Å². The number of sulfonamides is 1. The monoisotopic (exact) mass is 675 g/mol. The van der Waals surface area contributed by atoms with Gasteiger partial charge in [0.25, 0.3) is 15.9 Å². The van der Waals surface area contributed by atoms with Gasteiger partial charge in [-0.3, -0.25) is 14.5 Å². The van der Waals surface area contributed by atoms with Crippen molar-refractivity contribution in [2.24, 2.45) is 0 Å². The van der Waals surface area contributed by atoms with Crippen LogP contribution in [0.5, 0.6) is 17.2 Å². The molecule has 0 aromatic heterocycles. The molecule has 6 rings (SSSR count). The van der Waals surface area contributed by atoms with Gasteiger partial charge in [-0.05, 0) is 53.9 Å². The van der Waals surface area contributed by atoms with Gasteiger partial charge in [0.1, 0.15) is 28.2 Å². The summed E-state index contributed by atoms with van der Waals surface area (Å²) in [6.45, 7) is 0.233. The predicted molar refractivity (Wildman–Crippen MR) is 178 cm³/mol. The molecular weight excluding hydrogens is 642 g/mol. The van der Waals surface area contributed by atoms with Gasteiger partial charge >= 0.3 is 0 Å². The SMILES string of the molecule is COc1ccc(S(=O)(=O)N2C(=O)C(c3ccccc3OC)(N3CCc4ccccc4[C@H]3C(=O)N(C)C)c3cc(Cl)ccc32)c(OC)c1. The van der Waals surface area contributed by atoms with Crippen LogP contribution in [0.25, 0.3) is 0 Å². The van der Waals surface area contributed by atoms with Crippen molar-refractivity contribution in [1.29, 1.82) is 0 Å². The van der Waals surface area contributed by atoms with Gasteiger partial charge in [0, 0.05) is 42.9 Å². The van der Waals surface area contributed by atoms with Gasteiger partial charge < -0.3 is 19.1 Å². The van der Waals surface area contributed by atoms with Gasteiger partial charge in [-0.2, -0.15) is 0 Å². The Morgan fingerprint density at radius 1 is 0.872 bits per heavy atom. The molecule has 2 amide bonds. The van der Waals surface area contributed by atoms with Crippen molar-refractivity contribution in [2.45, 2.75) is 22.9 Å². The molecule has 1 unspecified atom stereocenters. The third-order valence-corrected chi connectivity index (χ3v) is 10.8. The highest BCUT2D eigenvalue weighted by atomic mass is 35.5. The lowest BCUT2D eigenvalue weighted by Gasteiger charge is -2.47. The fourth-order valence-electron chi connectivity index (χ4n) is 6.75. The maximum absolute atomic E-state index is 15.6. The zero-order valence-electron chi connectivity index (χ0n) is 26.6. The summed E-state index contributed by atoms with van der Waals surface area (Å²) in [4.78, 5) is 32.8. The molecule has 2 heterocycles. The molecule has 0 aliphatic carbocycles. The Bertz CT molecular complexity index is 2000. The van der Waals surface area contributed by atoms with E-state index in [0.717, 1.165) is 15.4 Å². The number of anilines is 1. The minimum atomic E-state index is -4.64. The number of methoxy groups -OCH3 is 3. The molecule has 0 fully saturated rings. The standard InChI is InChI=1S/C35H34ClN3O7S/c1-37(2)33(40)32-25-11-7-6-10-22(25)18-19-38(32)35(26-12-8-9-13-29(26)45-4)27-20-23(36)14-16-28(27)39(34(35)41)47(42,43)31-17-15-24(44-3)21-30(31)46-5/h6-17,20-21,32H,18-19H2,1-5H3/t32-,35?/m0/s1. The van der Waals surface area contributed by atoms with E-state index in [9.17, 15) is 13.2 Å². The van der Waals surface area contributed by atoms with Crippen molar-refractivity contribution in [3.63, 3.8) is 0 Å². The summed E-state index contributed by atoms with van der Waals surface area (Å²) in [6, 6.07) is 22.5. The van der Waals surface area contributed by atoms with E-state index in [4.69, 9.17) is 25.8 Å². The number of nitrogens with zero attached hydrogens (tertiary/aromatic N) is 3. The number of fused-ring (bicyclic) bond motifs is 2. The lowest BCUT2D eigenvalue weighted by Crippen LogP contribution is -2.59. The summed E-state index contributed by atoms with van der Waals surface area (Å²) in [5.41, 5.74) is 0.573. The number of hydrogen-bond donors (Lipinski definition) is 0. The molecule has 0 N–H and O–H groups in total. The van der Waals surface area contributed by atoms with E-state index in [2.05, 4.69) is 0 Å². The summed E-state index contributed by atoms with van der Waals surface area (Å²) in [7, 11) is 2.95. The minimum absolute atomic E-state index is 0.00461. The fraction of sp³-hybridized carbons (Fsp3) is 0.257. The number of likely N-dealkylation sites (N-methyl/N-ethyl adjacent to an activating group) is 1. The second kappa shape index (κ2) is 12.2.